The number of benzene rings is 2. The largest absolute Gasteiger partial charge is 0.379 e. The minimum atomic E-state index is -3.69. The van der Waals surface area contributed by atoms with Gasteiger partial charge in [0.25, 0.3) is 0 Å². The lowest BCUT2D eigenvalue weighted by molar-refractivity contribution is 0.0341. The van der Waals surface area contributed by atoms with E-state index in [2.05, 4.69) is 25.6 Å². The molecule has 0 spiro atoms. The third-order valence-electron chi connectivity index (χ3n) is 4.25. The van der Waals surface area contributed by atoms with Crippen molar-refractivity contribution in [1.29, 1.82) is 0 Å². The first-order valence-electron chi connectivity index (χ1n) is 8.27. The molecule has 2 aromatic rings. The fraction of sp³-hybridized carbons (Fsp3) is 0.333. The van der Waals surface area contributed by atoms with E-state index < -0.39 is 10.0 Å². The SMILES string of the molecule is O=S(=O)(NCc1ccccc1CN1CCOCC1)c1ccc(Br)cc1Cl. The molecular weight excluding hydrogens is 440 g/mol. The fourth-order valence-corrected chi connectivity index (χ4v) is 4.87. The summed E-state index contributed by atoms with van der Waals surface area (Å²) in [6.45, 7) is 4.23. The quantitative estimate of drug-likeness (QED) is 0.719. The Hall–Kier alpha value is -0.960. The van der Waals surface area contributed by atoms with Gasteiger partial charge < -0.3 is 4.74 Å². The Kier molecular flexibility index (Phi) is 6.71. The van der Waals surface area contributed by atoms with Gasteiger partial charge >= 0.3 is 0 Å². The first-order chi connectivity index (χ1) is 12.5. The van der Waals surface area contributed by atoms with Crippen LogP contribution in [0.25, 0.3) is 0 Å². The van der Waals surface area contributed by atoms with Crippen molar-refractivity contribution >= 4 is 37.6 Å². The van der Waals surface area contributed by atoms with Crippen LogP contribution in [0.4, 0.5) is 0 Å². The molecule has 0 radical (unpaired) electrons. The van der Waals surface area contributed by atoms with Crippen molar-refractivity contribution < 1.29 is 13.2 Å². The Morgan fingerprint density at radius 1 is 1.12 bits per heavy atom. The molecule has 140 valence electrons. The molecule has 3 rings (SSSR count). The highest BCUT2D eigenvalue weighted by molar-refractivity contribution is 9.10. The van der Waals surface area contributed by atoms with Crippen LogP contribution in [0.1, 0.15) is 11.1 Å². The molecule has 0 aliphatic carbocycles. The number of sulfonamides is 1. The Morgan fingerprint density at radius 2 is 1.81 bits per heavy atom. The predicted octanol–water partition coefficient (Wildman–Crippen LogP) is 3.41. The zero-order valence-corrected chi connectivity index (χ0v) is 17.3. The minimum absolute atomic E-state index is 0.0769. The molecule has 0 saturated carbocycles. The number of nitrogens with zero attached hydrogens (tertiary/aromatic N) is 1. The van der Waals surface area contributed by atoms with E-state index >= 15 is 0 Å². The Morgan fingerprint density at radius 3 is 2.50 bits per heavy atom. The van der Waals surface area contributed by atoms with Crippen LogP contribution in [0.15, 0.2) is 51.8 Å². The van der Waals surface area contributed by atoms with Gasteiger partial charge in [0.2, 0.25) is 10.0 Å². The predicted molar refractivity (Wildman–Crippen MR) is 106 cm³/mol. The monoisotopic (exact) mass is 458 g/mol. The lowest BCUT2D eigenvalue weighted by atomic mass is 10.1. The van der Waals surface area contributed by atoms with Crippen LogP contribution < -0.4 is 4.72 Å². The summed E-state index contributed by atoms with van der Waals surface area (Å²) in [6, 6.07) is 12.6. The standard InChI is InChI=1S/C18H20BrClN2O3S/c19-16-5-6-18(17(20)11-16)26(23,24)21-12-14-3-1-2-4-15(14)13-22-7-9-25-10-8-22/h1-6,11,21H,7-10,12-13H2. The first kappa shape index (κ1) is 19.8. The molecule has 0 aromatic heterocycles. The maximum atomic E-state index is 12.6. The molecule has 1 saturated heterocycles. The van der Waals surface area contributed by atoms with Gasteiger partial charge in [-0.3, -0.25) is 4.90 Å². The van der Waals surface area contributed by atoms with E-state index in [1.807, 2.05) is 24.3 Å². The molecule has 26 heavy (non-hydrogen) atoms. The van der Waals surface area contributed by atoms with Gasteiger partial charge in [-0.2, -0.15) is 0 Å². The number of halogens is 2. The minimum Gasteiger partial charge on any atom is -0.379 e. The first-order valence-corrected chi connectivity index (χ1v) is 10.9. The smallest absolute Gasteiger partial charge is 0.242 e. The average Bonchev–Trinajstić information content (AvgIpc) is 2.61. The fourth-order valence-electron chi connectivity index (χ4n) is 2.83. The Balaban J connectivity index is 1.72. The van der Waals surface area contributed by atoms with Crippen molar-refractivity contribution in [3.8, 4) is 0 Å². The lowest BCUT2D eigenvalue weighted by Gasteiger charge is -2.27. The number of nitrogens with one attached hydrogen (secondary N) is 1. The van der Waals surface area contributed by atoms with Gasteiger partial charge in [0.05, 0.1) is 18.2 Å². The molecule has 0 unspecified atom stereocenters. The molecule has 5 nitrogen and oxygen atoms in total. The van der Waals surface area contributed by atoms with Crippen molar-refractivity contribution in [2.45, 2.75) is 18.0 Å². The number of rotatable bonds is 6. The zero-order valence-electron chi connectivity index (χ0n) is 14.1. The average molecular weight is 460 g/mol. The molecule has 1 fully saturated rings. The van der Waals surface area contributed by atoms with E-state index in [-0.39, 0.29) is 16.5 Å². The number of hydrogen-bond acceptors (Lipinski definition) is 4. The number of morpholine rings is 1. The Labute approximate surface area is 167 Å². The van der Waals surface area contributed by atoms with Crippen molar-refractivity contribution in [2.24, 2.45) is 0 Å². The normalized spacial score (nSPS) is 15.9. The van der Waals surface area contributed by atoms with E-state index in [1.165, 1.54) is 6.07 Å². The molecule has 0 bridgehead atoms. The highest BCUT2D eigenvalue weighted by Crippen LogP contribution is 2.25. The van der Waals surface area contributed by atoms with Gasteiger partial charge in [-0.05, 0) is 29.3 Å². The second kappa shape index (κ2) is 8.82. The molecule has 1 N–H and O–H groups in total. The summed E-state index contributed by atoms with van der Waals surface area (Å²) in [6.07, 6.45) is 0. The lowest BCUT2D eigenvalue weighted by Crippen LogP contribution is -2.36. The molecule has 1 aliphatic rings. The molecule has 8 heteroatoms. The highest BCUT2D eigenvalue weighted by Gasteiger charge is 2.19. The molecule has 1 heterocycles. The molecular formula is C18H20BrClN2O3S. The zero-order chi connectivity index (χ0) is 18.6. The maximum Gasteiger partial charge on any atom is 0.242 e. The maximum absolute atomic E-state index is 12.6. The summed E-state index contributed by atoms with van der Waals surface area (Å²) < 4.78 is 34.0. The van der Waals surface area contributed by atoms with Crippen molar-refractivity contribution in [3.63, 3.8) is 0 Å². The molecule has 2 aromatic carbocycles. The third kappa shape index (κ3) is 5.06. The van der Waals surface area contributed by atoms with Crippen molar-refractivity contribution in [3.05, 3.63) is 63.1 Å². The summed E-state index contributed by atoms with van der Waals surface area (Å²) in [5.74, 6) is 0. The molecule has 0 amide bonds. The van der Waals surface area contributed by atoms with E-state index in [1.54, 1.807) is 12.1 Å². The summed E-state index contributed by atoms with van der Waals surface area (Å²) in [4.78, 5) is 2.38. The summed E-state index contributed by atoms with van der Waals surface area (Å²) in [5, 5.41) is 0.188. The third-order valence-corrected chi connectivity index (χ3v) is 6.63. The van der Waals surface area contributed by atoms with Crippen LogP contribution in [-0.4, -0.2) is 39.6 Å². The number of ether oxygens (including phenoxy) is 1. The van der Waals surface area contributed by atoms with Gasteiger partial charge in [0.15, 0.2) is 0 Å². The number of hydrogen-bond donors (Lipinski definition) is 1. The van der Waals surface area contributed by atoms with Gasteiger partial charge in [-0.15, -0.1) is 0 Å². The topological polar surface area (TPSA) is 58.6 Å². The van der Waals surface area contributed by atoms with Crippen LogP contribution in [0, 0.1) is 0 Å². The molecule has 1 aliphatic heterocycles. The van der Waals surface area contributed by atoms with E-state index in [0.29, 0.717) is 0 Å². The van der Waals surface area contributed by atoms with Crippen LogP contribution in [0.3, 0.4) is 0 Å². The van der Waals surface area contributed by atoms with Crippen molar-refractivity contribution in [2.75, 3.05) is 26.3 Å². The van der Waals surface area contributed by atoms with Gasteiger partial charge in [-0.25, -0.2) is 13.1 Å². The second-order valence-corrected chi connectivity index (χ2v) is 9.11. The van der Waals surface area contributed by atoms with E-state index in [9.17, 15) is 8.42 Å². The van der Waals surface area contributed by atoms with Crippen molar-refractivity contribution in [1.82, 2.24) is 9.62 Å². The van der Waals surface area contributed by atoms with Crippen LogP contribution in [0.2, 0.25) is 5.02 Å². The Bertz CT molecular complexity index is 870. The summed E-state index contributed by atoms with van der Waals surface area (Å²) in [5.41, 5.74) is 2.06. The summed E-state index contributed by atoms with van der Waals surface area (Å²) >= 11 is 9.37. The summed E-state index contributed by atoms with van der Waals surface area (Å²) in [7, 11) is -3.69. The van der Waals surface area contributed by atoms with Gasteiger partial charge in [0, 0.05) is 30.7 Å². The second-order valence-electron chi connectivity index (χ2n) is 6.06. The van der Waals surface area contributed by atoms with E-state index in [0.717, 1.165) is 48.4 Å². The highest BCUT2D eigenvalue weighted by atomic mass is 79.9. The van der Waals surface area contributed by atoms with Gasteiger partial charge in [-0.1, -0.05) is 51.8 Å². The van der Waals surface area contributed by atoms with Crippen LogP contribution in [0.5, 0.6) is 0 Å². The molecule has 0 atom stereocenters. The van der Waals surface area contributed by atoms with Crippen LogP contribution >= 0.6 is 27.5 Å². The van der Waals surface area contributed by atoms with Gasteiger partial charge in [0.1, 0.15) is 4.90 Å². The van der Waals surface area contributed by atoms with E-state index in [4.69, 9.17) is 16.3 Å². The van der Waals surface area contributed by atoms with Crippen LogP contribution in [-0.2, 0) is 27.8 Å².